The van der Waals surface area contributed by atoms with Gasteiger partial charge in [-0.1, -0.05) is 0 Å². The number of hydrogen-bond donors (Lipinski definition) is 0. The topological polar surface area (TPSA) is 31.4 Å². The third-order valence-electron chi connectivity index (χ3n) is 1.60. The van der Waals surface area contributed by atoms with Gasteiger partial charge in [-0.05, 0) is 12.1 Å². The number of alkyl halides is 1. The Morgan fingerprint density at radius 2 is 2.17 bits per heavy atom. The first-order valence-electron chi connectivity index (χ1n) is 3.71. The normalized spacial score (nSPS) is 14.4. The molecule has 3 nitrogen and oxygen atoms in total. The molecule has 0 atom stereocenters. The molecule has 0 amide bonds. The fourth-order valence-electron chi connectivity index (χ4n) is 1.04. The highest BCUT2D eigenvalue weighted by molar-refractivity contribution is 6.16. The number of pyridine rings is 1. The number of halogens is 1. The van der Waals surface area contributed by atoms with Gasteiger partial charge in [-0.2, -0.15) is 0 Å². The first kappa shape index (κ1) is 7.68. The van der Waals surface area contributed by atoms with Crippen LogP contribution in [0.4, 0.5) is 0 Å². The summed E-state index contributed by atoms with van der Waals surface area (Å²) in [6.45, 7) is 1.15. The summed E-state index contributed by atoms with van der Waals surface area (Å²) in [5, 5.41) is 0. The number of fused-ring (bicyclic) bond motifs is 1. The van der Waals surface area contributed by atoms with Crippen LogP contribution in [0.3, 0.4) is 0 Å². The summed E-state index contributed by atoms with van der Waals surface area (Å²) in [4.78, 5) is 4.15. The van der Waals surface area contributed by atoms with Gasteiger partial charge in [0.1, 0.15) is 13.2 Å². The molecule has 1 aromatic rings. The second kappa shape index (κ2) is 3.19. The highest BCUT2D eigenvalue weighted by Crippen LogP contribution is 2.27. The van der Waals surface area contributed by atoms with E-state index in [2.05, 4.69) is 4.98 Å². The maximum absolute atomic E-state index is 5.61. The summed E-state index contributed by atoms with van der Waals surface area (Å²) >= 11 is 5.61. The lowest BCUT2D eigenvalue weighted by Crippen LogP contribution is -2.16. The minimum absolute atomic E-state index is 0.399. The van der Waals surface area contributed by atoms with Crippen molar-refractivity contribution in [2.75, 3.05) is 13.2 Å². The molecule has 2 rings (SSSR count). The van der Waals surface area contributed by atoms with Crippen LogP contribution in [0.5, 0.6) is 11.6 Å². The van der Waals surface area contributed by atoms with Gasteiger partial charge in [0.25, 0.3) is 5.88 Å². The Labute approximate surface area is 75.3 Å². The Morgan fingerprint density at radius 1 is 1.33 bits per heavy atom. The fourth-order valence-corrected chi connectivity index (χ4v) is 1.19. The molecule has 2 heterocycles. The summed E-state index contributed by atoms with van der Waals surface area (Å²) < 4.78 is 10.6. The molecule has 0 spiro atoms. The Kier molecular flexibility index (Phi) is 2.04. The zero-order valence-electron chi connectivity index (χ0n) is 6.42. The number of ether oxygens (including phenoxy) is 2. The Balaban J connectivity index is 2.36. The van der Waals surface area contributed by atoms with Gasteiger partial charge in [0.2, 0.25) is 0 Å². The molecule has 0 N–H and O–H groups in total. The van der Waals surface area contributed by atoms with Crippen molar-refractivity contribution in [3.8, 4) is 11.6 Å². The van der Waals surface area contributed by atoms with Crippen molar-refractivity contribution in [2.45, 2.75) is 5.88 Å². The lowest BCUT2D eigenvalue weighted by Gasteiger charge is -2.17. The minimum Gasteiger partial charge on any atom is -0.484 e. The average Bonchev–Trinajstić information content (AvgIpc) is 2.17. The van der Waals surface area contributed by atoms with Crippen LogP contribution in [-0.4, -0.2) is 18.2 Å². The van der Waals surface area contributed by atoms with Crippen molar-refractivity contribution in [1.29, 1.82) is 0 Å². The Hall–Kier alpha value is -0.960. The summed E-state index contributed by atoms with van der Waals surface area (Å²) in [5.74, 6) is 1.66. The third kappa shape index (κ3) is 1.32. The summed E-state index contributed by atoms with van der Waals surface area (Å²) in [6, 6.07) is 3.67. The number of aromatic nitrogens is 1. The zero-order valence-corrected chi connectivity index (χ0v) is 7.17. The highest BCUT2D eigenvalue weighted by Gasteiger charge is 2.12. The van der Waals surface area contributed by atoms with Crippen molar-refractivity contribution >= 4 is 11.6 Å². The molecular formula is C8H8ClNO2. The highest BCUT2D eigenvalue weighted by atomic mass is 35.5. The molecule has 0 fully saturated rings. The van der Waals surface area contributed by atoms with Crippen molar-refractivity contribution in [1.82, 2.24) is 4.98 Å². The van der Waals surface area contributed by atoms with Gasteiger partial charge in [-0.15, -0.1) is 11.6 Å². The van der Waals surface area contributed by atoms with Crippen LogP contribution >= 0.6 is 11.6 Å². The first-order valence-corrected chi connectivity index (χ1v) is 4.25. The minimum atomic E-state index is 0.399. The second-order valence-electron chi connectivity index (χ2n) is 2.44. The summed E-state index contributed by atoms with van der Waals surface area (Å²) in [7, 11) is 0. The smallest absolute Gasteiger partial charge is 0.257 e. The second-order valence-corrected chi connectivity index (χ2v) is 2.70. The van der Waals surface area contributed by atoms with Gasteiger partial charge in [0.05, 0.1) is 11.6 Å². The Bertz CT molecular complexity index is 290. The zero-order chi connectivity index (χ0) is 8.39. The maximum atomic E-state index is 5.61. The average molecular weight is 186 g/mol. The van der Waals surface area contributed by atoms with E-state index < -0.39 is 0 Å². The molecule has 1 aromatic heterocycles. The predicted molar refractivity (Wildman–Crippen MR) is 44.8 cm³/mol. The van der Waals surface area contributed by atoms with Crippen LogP contribution in [0.25, 0.3) is 0 Å². The largest absolute Gasteiger partial charge is 0.484 e. The molecule has 0 bridgehead atoms. The van der Waals surface area contributed by atoms with Crippen molar-refractivity contribution in [2.24, 2.45) is 0 Å². The van der Waals surface area contributed by atoms with E-state index in [9.17, 15) is 0 Å². The van der Waals surface area contributed by atoms with Crippen LogP contribution in [0.1, 0.15) is 5.69 Å². The van der Waals surface area contributed by atoms with Crippen molar-refractivity contribution in [3.05, 3.63) is 17.8 Å². The molecule has 1 aliphatic heterocycles. The third-order valence-corrected chi connectivity index (χ3v) is 1.87. The van der Waals surface area contributed by atoms with Gasteiger partial charge in [-0.25, -0.2) is 4.98 Å². The number of hydrogen-bond acceptors (Lipinski definition) is 3. The molecule has 0 saturated heterocycles. The Morgan fingerprint density at radius 3 is 3.00 bits per heavy atom. The van der Waals surface area contributed by atoms with Crippen LogP contribution in [0.15, 0.2) is 12.1 Å². The number of rotatable bonds is 1. The molecule has 0 unspecified atom stereocenters. The van der Waals surface area contributed by atoms with Gasteiger partial charge in [0, 0.05) is 0 Å². The van der Waals surface area contributed by atoms with Crippen LogP contribution in [-0.2, 0) is 5.88 Å². The van der Waals surface area contributed by atoms with E-state index in [1.54, 1.807) is 0 Å². The molecule has 0 aliphatic carbocycles. The summed E-state index contributed by atoms with van der Waals surface area (Å²) in [6.07, 6.45) is 0. The quantitative estimate of drug-likeness (QED) is 0.623. The molecule has 0 aromatic carbocycles. The van der Waals surface area contributed by atoms with Gasteiger partial charge < -0.3 is 9.47 Å². The standard InChI is InChI=1S/C8H8ClNO2/c9-5-6-1-2-7-8(10-6)12-4-3-11-7/h1-2H,3-5H2. The van der Waals surface area contributed by atoms with E-state index in [-0.39, 0.29) is 0 Å². The molecule has 4 heteroatoms. The SMILES string of the molecule is ClCc1ccc2c(n1)OCCO2. The van der Waals surface area contributed by atoms with E-state index in [1.807, 2.05) is 12.1 Å². The summed E-state index contributed by atoms with van der Waals surface area (Å²) in [5.41, 5.74) is 0.806. The predicted octanol–water partition coefficient (Wildman–Crippen LogP) is 1.59. The van der Waals surface area contributed by atoms with E-state index in [1.165, 1.54) is 0 Å². The van der Waals surface area contributed by atoms with Gasteiger partial charge in [0.15, 0.2) is 5.75 Å². The monoisotopic (exact) mass is 185 g/mol. The van der Waals surface area contributed by atoms with Crippen LogP contribution in [0, 0.1) is 0 Å². The van der Waals surface area contributed by atoms with Crippen LogP contribution in [0.2, 0.25) is 0 Å². The number of nitrogens with zero attached hydrogens (tertiary/aromatic N) is 1. The maximum Gasteiger partial charge on any atom is 0.257 e. The van der Waals surface area contributed by atoms with E-state index in [0.29, 0.717) is 30.7 Å². The van der Waals surface area contributed by atoms with Crippen molar-refractivity contribution < 1.29 is 9.47 Å². The molecule has 12 heavy (non-hydrogen) atoms. The molecule has 0 radical (unpaired) electrons. The van der Waals surface area contributed by atoms with Gasteiger partial charge >= 0.3 is 0 Å². The van der Waals surface area contributed by atoms with E-state index in [0.717, 1.165) is 5.69 Å². The van der Waals surface area contributed by atoms with E-state index in [4.69, 9.17) is 21.1 Å². The lowest BCUT2D eigenvalue weighted by atomic mass is 10.3. The molecule has 0 saturated carbocycles. The van der Waals surface area contributed by atoms with Crippen LogP contribution < -0.4 is 9.47 Å². The van der Waals surface area contributed by atoms with Crippen molar-refractivity contribution in [3.63, 3.8) is 0 Å². The van der Waals surface area contributed by atoms with Gasteiger partial charge in [-0.3, -0.25) is 0 Å². The lowest BCUT2D eigenvalue weighted by molar-refractivity contribution is 0.164. The molecule has 64 valence electrons. The molecular weight excluding hydrogens is 178 g/mol. The van der Waals surface area contributed by atoms with E-state index >= 15 is 0 Å². The fraction of sp³-hybridized carbons (Fsp3) is 0.375. The first-order chi connectivity index (χ1) is 5.90. The molecule has 1 aliphatic rings.